The van der Waals surface area contributed by atoms with Gasteiger partial charge in [0.05, 0.1) is 5.41 Å². The van der Waals surface area contributed by atoms with Crippen LogP contribution in [0.15, 0.2) is 6.33 Å². The van der Waals surface area contributed by atoms with Crippen LogP contribution in [-0.4, -0.2) is 38.9 Å². The zero-order chi connectivity index (χ0) is 10.2. The van der Waals surface area contributed by atoms with E-state index in [2.05, 4.69) is 15.4 Å². The summed E-state index contributed by atoms with van der Waals surface area (Å²) in [6.07, 6.45) is 1.88. The lowest BCUT2D eigenvalue weighted by molar-refractivity contribution is -0.152. The van der Waals surface area contributed by atoms with Crippen molar-refractivity contribution >= 4 is 5.97 Å². The number of aryl methyl sites for hydroxylation is 1. The number of carbonyl (C=O) groups is 1. The Kier molecular flexibility index (Phi) is 1.99. The number of rotatable bonds is 3. The molecule has 2 rings (SSSR count). The van der Waals surface area contributed by atoms with Gasteiger partial charge in [-0.3, -0.25) is 9.48 Å². The molecule has 0 aromatic carbocycles. The van der Waals surface area contributed by atoms with Crippen molar-refractivity contribution in [3.05, 3.63) is 12.2 Å². The molecule has 2 N–H and O–H groups in total. The van der Waals surface area contributed by atoms with Crippen LogP contribution in [0.5, 0.6) is 0 Å². The highest BCUT2D eigenvalue weighted by atomic mass is 16.4. The highest BCUT2D eigenvalue weighted by molar-refractivity contribution is 5.76. The second-order valence-corrected chi connectivity index (χ2v) is 3.67. The Balaban J connectivity index is 2.17. The molecular formula is C8H12N4O2. The van der Waals surface area contributed by atoms with Crippen LogP contribution in [0.25, 0.3) is 0 Å². The van der Waals surface area contributed by atoms with E-state index in [-0.39, 0.29) is 0 Å². The fraction of sp³-hybridized carbons (Fsp3) is 0.625. The summed E-state index contributed by atoms with van der Waals surface area (Å²) in [4.78, 5) is 15.1. The predicted molar refractivity (Wildman–Crippen MR) is 47.6 cm³/mol. The van der Waals surface area contributed by atoms with Crippen LogP contribution in [0.4, 0.5) is 0 Å². The van der Waals surface area contributed by atoms with Crippen molar-refractivity contribution in [2.45, 2.75) is 6.42 Å². The van der Waals surface area contributed by atoms with E-state index < -0.39 is 11.4 Å². The van der Waals surface area contributed by atoms with Crippen LogP contribution >= 0.6 is 0 Å². The fourth-order valence-electron chi connectivity index (χ4n) is 1.56. The van der Waals surface area contributed by atoms with E-state index in [1.165, 1.54) is 6.33 Å². The molecule has 0 aliphatic carbocycles. The van der Waals surface area contributed by atoms with Crippen LogP contribution in [0, 0.1) is 5.41 Å². The average Bonchev–Trinajstić information content (AvgIpc) is 2.43. The Labute approximate surface area is 80.9 Å². The summed E-state index contributed by atoms with van der Waals surface area (Å²) in [5, 5.41) is 16.0. The summed E-state index contributed by atoms with van der Waals surface area (Å²) in [7, 11) is 1.77. The van der Waals surface area contributed by atoms with Gasteiger partial charge in [0, 0.05) is 26.6 Å². The van der Waals surface area contributed by atoms with Crippen molar-refractivity contribution in [1.82, 2.24) is 20.1 Å². The number of aliphatic carboxylic acids is 1. The fourth-order valence-corrected chi connectivity index (χ4v) is 1.56. The lowest BCUT2D eigenvalue weighted by atomic mass is 9.78. The zero-order valence-electron chi connectivity index (χ0n) is 7.90. The summed E-state index contributed by atoms with van der Waals surface area (Å²) >= 11 is 0. The molecule has 1 aliphatic rings. The predicted octanol–water partition coefficient (Wildman–Crippen LogP) is -0.968. The molecule has 0 amide bonds. The molecule has 0 radical (unpaired) electrons. The molecule has 2 heterocycles. The van der Waals surface area contributed by atoms with Crippen molar-refractivity contribution in [3.63, 3.8) is 0 Å². The molecule has 0 saturated carbocycles. The molecule has 0 atom stereocenters. The topological polar surface area (TPSA) is 80.0 Å². The van der Waals surface area contributed by atoms with Gasteiger partial charge in [0.15, 0.2) is 0 Å². The Bertz CT molecular complexity index is 356. The number of hydrogen-bond acceptors (Lipinski definition) is 4. The highest BCUT2D eigenvalue weighted by Gasteiger charge is 2.45. The Morgan fingerprint density at radius 1 is 1.79 bits per heavy atom. The van der Waals surface area contributed by atoms with Gasteiger partial charge in [-0.25, -0.2) is 4.98 Å². The molecule has 14 heavy (non-hydrogen) atoms. The number of carboxylic acid groups (broad SMARTS) is 1. The minimum atomic E-state index is -0.765. The number of aromatic nitrogens is 3. The van der Waals surface area contributed by atoms with Gasteiger partial charge in [0.2, 0.25) is 0 Å². The van der Waals surface area contributed by atoms with E-state index in [0.29, 0.717) is 25.3 Å². The van der Waals surface area contributed by atoms with Gasteiger partial charge in [-0.2, -0.15) is 5.10 Å². The van der Waals surface area contributed by atoms with Gasteiger partial charge < -0.3 is 10.4 Å². The summed E-state index contributed by atoms with van der Waals surface area (Å²) in [6.45, 7) is 1.02. The summed E-state index contributed by atoms with van der Waals surface area (Å²) in [5.74, 6) is -0.0480. The molecule has 0 spiro atoms. The van der Waals surface area contributed by atoms with Crippen molar-refractivity contribution in [3.8, 4) is 0 Å². The molecule has 0 bridgehead atoms. The average molecular weight is 196 g/mol. The second kappa shape index (κ2) is 3.06. The first-order chi connectivity index (χ1) is 6.64. The standard InChI is InChI=1S/C8H12N4O2/c1-12-6(10-5-11-12)2-8(7(13)14)3-9-4-8/h5,9H,2-4H2,1H3,(H,13,14). The Morgan fingerprint density at radius 3 is 2.86 bits per heavy atom. The van der Waals surface area contributed by atoms with Crippen LogP contribution in [0.2, 0.25) is 0 Å². The maximum atomic E-state index is 11.0. The molecule has 6 heteroatoms. The van der Waals surface area contributed by atoms with Crippen molar-refractivity contribution in [2.75, 3.05) is 13.1 Å². The van der Waals surface area contributed by atoms with Gasteiger partial charge in [-0.05, 0) is 0 Å². The third-order valence-electron chi connectivity index (χ3n) is 2.68. The van der Waals surface area contributed by atoms with E-state index in [1.807, 2.05) is 0 Å². The van der Waals surface area contributed by atoms with Crippen LogP contribution in [-0.2, 0) is 18.3 Å². The molecule has 76 valence electrons. The quantitative estimate of drug-likeness (QED) is 0.650. The summed E-state index contributed by atoms with van der Waals surface area (Å²) in [6, 6.07) is 0. The van der Waals surface area contributed by atoms with Gasteiger partial charge in [-0.15, -0.1) is 0 Å². The van der Waals surface area contributed by atoms with Crippen LogP contribution in [0.1, 0.15) is 5.82 Å². The first-order valence-corrected chi connectivity index (χ1v) is 4.41. The molecule has 1 aliphatic heterocycles. The van der Waals surface area contributed by atoms with E-state index in [0.717, 1.165) is 0 Å². The third-order valence-corrected chi connectivity index (χ3v) is 2.68. The molecule has 0 unspecified atom stereocenters. The molecule has 1 fully saturated rings. The highest BCUT2D eigenvalue weighted by Crippen LogP contribution is 2.26. The van der Waals surface area contributed by atoms with E-state index in [9.17, 15) is 4.79 Å². The number of carboxylic acids is 1. The number of hydrogen-bond donors (Lipinski definition) is 2. The van der Waals surface area contributed by atoms with Gasteiger partial charge in [0.25, 0.3) is 0 Å². The monoisotopic (exact) mass is 196 g/mol. The van der Waals surface area contributed by atoms with E-state index in [1.54, 1.807) is 11.7 Å². The molecule has 1 aromatic heterocycles. The maximum absolute atomic E-state index is 11.0. The van der Waals surface area contributed by atoms with Crippen molar-refractivity contribution in [1.29, 1.82) is 0 Å². The third kappa shape index (κ3) is 1.27. The molecule has 1 saturated heterocycles. The number of nitrogens with one attached hydrogen (secondary N) is 1. The largest absolute Gasteiger partial charge is 0.481 e. The summed E-state index contributed by atoms with van der Waals surface area (Å²) in [5.41, 5.74) is -0.680. The van der Waals surface area contributed by atoms with Gasteiger partial charge in [-0.1, -0.05) is 0 Å². The molecule has 6 nitrogen and oxygen atoms in total. The first-order valence-electron chi connectivity index (χ1n) is 4.41. The van der Waals surface area contributed by atoms with E-state index >= 15 is 0 Å². The smallest absolute Gasteiger partial charge is 0.312 e. The van der Waals surface area contributed by atoms with Gasteiger partial charge >= 0.3 is 5.97 Å². The lowest BCUT2D eigenvalue weighted by Gasteiger charge is -2.38. The minimum Gasteiger partial charge on any atom is -0.481 e. The normalized spacial score (nSPS) is 18.9. The van der Waals surface area contributed by atoms with Crippen molar-refractivity contribution < 1.29 is 9.90 Å². The minimum absolute atomic E-state index is 0.436. The molecular weight excluding hydrogens is 184 g/mol. The first kappa shape index (κ1) is 9.14. The Morgan fingerprint density at radius 2 is 2.50 bits per heavy atom. The SMILES string of the molecule is Cn1ncnc1CC1(C(=O)O)CNC1. The Hall–Kier alpha value is -1.43. The molecule has 1 aromatic rings. The van der Waals surface area contributed by atoms with Crippen LogP contribution < -0.4 is 5.32 Å². The van der Waals surface area contributed by atoms with Gasteiger partial charge in [0.1, 0.15) is 12.2 Å². The van der Waals surface area contributed by atoms with Crippen LogP contribution in [0.3, 0.4) is 0 Å². The number of nitrogens with zero attached hydrogens (tertiary/aromatic N) is 3. The maximum Gasteiger partial charge on any atom is 0.312 e. The van der Waals surface area contributed by atoms with Crippen molar-refractivity contribution in [2.24, 2.45) is 12.5 Å². The lowest BCUT2D eigenvalue weighted by Crippen LogP contribution is -2.59. The zero-order valence-corrected chi connectivity index (χ0v) is 7.90. The summed E-state index contributed by atoms with van der Waals surface area (Å²) < 4.78 is 1.61. The second-order valence-electron chi connectivity index (χ2n) is 3.67. The van der Waals surface area contributed by atoms with E-state index in [4.69, 9.17) is 5.11 Å².